The zero-order valence-electron chi connectivity index (χ0n) is 11.8. The quantitative estimate of drug-likeness (QED) is 0.772. The van der Waals surface area contributed by atoms with Gasteiger partial charge in [0.15, 0.2) is 0 Å². The average Bonchev–Trinajstić information content (AvgIpc) is 2.34. The molecule has 1 aromatic rings. The van der Waals surface area contributed by atoms with Crippen LogP contribution in [0.1, 0.15) is 18.9 Å². The molecule has 0 heterocycles. The molecular weight excluding hydrogens is 346 g/mol. The maximum Gasteiger partial charge on any atom is 0.241 e. The molecule has 5 nitrogen and oxygen atoms in total. The molecule has 1 unspecified atom stereocenters. The molecule has 0 aliphatic heterocycles. The number of aryl methyl sites for hydroxylation is 1. The predicted octanol–water partition coefficient (Wildman–Crippen LogP) is 1.82. The smallest absolute Gasteiger partial charge is 0.241 e. The summed E-state index contributed by atoms with van der Waals surface area (Å²) in [6.07, 6.45) is 0.348. The third kappa shape index (κ3) is 5.14. The first kappa shape index (κ1) is 17.6. The van der Waals surface area contributed by atoms with Gasteiger partial charge in [0.1, 0.15) is 0 Å². The van der Waals surface area contributed by atoms with Crippen molar-refractivity contribution in [2.45, 2.75) is 30.8 Å². The fraction of sp³-hybridized carbons (Fsp3) is 0.538. The van der Waals surface area contributed by atoms with E-state index in [9.17, 15) is 13.5 Å². The summed E-state index contributed by atoms with van der Waals surface area (Å²) < 4.78 is 32.2. The van der Waals surface area contributed by atoms with Gasteiger partial charge in [-0.1, -0.05) is 6.07 Å². The molecule has 0 fully saturated rings. The van der Waals surface area contributed by atoms with Gasteiger partial charge in [-0.25, -0.2) is 13.1 Å². The molecule has 0 spiro atoms. The normalized spacial score (nSPS) is 15.1. The highest BCUT2D eigenvalue weighted by Crippen LogP contribution is 2.23. The highest BCUT2D eigenvalue weighted by molar-refractivity contribution is 9.10. The Balaban J connectivity index is 2.80. The summed E-state index contributed by atoms with van der Waals surface area (Å²) in [5.74, 6) is 0. The van der Waals surface area contributed by atoms with E-state index < -0.39 is 15.6 Å². The fourth-order valence-corrected chi connectivity index (χ4v) is 3.91. The number of hydrogen-bond donors (Lipinski definition) is 2. The molecular formula is C13H20BrNO4S. The van der Waals surface area contributed by atoms with Crippen LogP contribution in [-0.4, -0.2) is 39.4 Å². The van der Waals surface area contributed by atoms with Gasteiger partial charge in [-0.05, 0) is 47.5 Å². The highest BCUT2D eigenvalue weighted by atomic mass is 79.9. The second-order valence-corrected chi connectivity index (χ2v) is 7.59. The van der Waals surface area contributed by atoms with Crippen molar-refractivity contribution < 1.29 is 18.3 Å². The molecule has 1 rings (SSSR count). The standard InChI is InChI=1S/C13H20BrNO4S/c1-10-4-5-12(11(14)8-10)20(17,18)15-9-13(2,16)6-7-19-3/h4-5,8,15-16H,6-7,9H2,1-3H3. The summed E-state index contributed by atoms with van der Waals surface area (Å²) in [5.41, 5.74) is -0.191. The Bertz CT molecular complexity index is 557. The van der Waals surface area contributed by atoms with Gasteiger partial charge in [0.2, 0.25) is 10.0 Å². The Morgan fingerprint density at radius 2 is 2.10 bits per heavy atom. The van der Waals surface area contributed by atoms with Crippen LogP contribution in [-0.2, 0) is 14.8 Å². The molecule has 114 valence electrons. The van der Waals surface area contributed by atoms with Gasteiger partial charge in [0.25, 0.3) is 0 Å². The van der Waals surface area contributed by atoms with Crippen molar-refractivity contribution in [3.05, 3.63) is 28.2 Å². The number of benzene rings is 1. The van der Waals surface area contributed by atoms with Gasteiger partial charge in [0, 0.05) is 31.2 Å². The molecule has 0 aliphatic carbocycles. The van der Waals surface area contributed by atoms with Crippen molar-refractivity contribution in [1.82, 2.24) is 4.72 Å². The van der Waals surface area contributed by atoms with Crippen LogP contribution < -0.4 is 4.72 Å². The number of methoxy groups -OCH3 is 1. The van der Waals surface area contributed by atoms with Gasteiger partial charge < -0.3 is 9.84 Å². The third-order valence-corrected chi connectivity index (χ3v) is 5.24. The van der Waals surface area contributed by atoms with Crippen LogP contribution in [0.3, 0.4) is 0 Å². The van der Waals surface area contributed by atoms with Crippen LogP contribution in [0, 0.1) is 6.92 Å². The summed E-state index contributed by atoms with van der Waals surface area (Å²) in [5, 5.41) is 10.1. The van der Waals surface area contributed by atoms with E-state index in [4.69, 9.17) is 4.74 Å². The number of hydrogen-bond acceptors (Lipinski definition) is 4. The van der Waals surface area contributed by atoms with Gasteiger partial charge in [0.05, 0.1) is 10.5 Å². The van der Waals surface area contributed by atoms with Crippen molar-refractivity contribution in [2.75, 3.05) is 20.3 Å². The van der Waals surface area contributed by atoms with Crippen LogP contribution in [0.5, 0.6) is 0 Å². The minimum atomic E-state index is -3.66. The average molecular weight is 366 g/mol. The summed E-state index contributed by atoms with van der Waals surface area (Å²) in [7, 11) is -2.13. The van der Waals surface area contributed by atoms with Crippen LogP contribution in [0.15, 0.2) is 27.6 Å². The van der Waals surface area contributed by atoms with Crippen LogP contribution >= 0.6 is 15.9 Å². The van der Waals surface area contributed by atoms with Gasteiger partial charge in [-0.15, -0.1) is 0 Å². The maximum absolute atomic E-state index is 12.2. The first-order valence-corrected chi connectivity index (χ1v) is 8.43. The van der Waals surface area contributed by atoms with E-state index in [0.29, 0.717) is 17.5 Å². The molecule has 0 radical (unpaired) electrons. The summed E-state index contributed by atoms with van der Waals surface area (Å²) >= 11 is 3.24. The summed E-state index contributed by atoms with van der Waals surface area (Å²) in [6, 6.07) is 4.99. The van der Waals surface area contributed by atoms with Gasteiger partial charge >= 0.3 is 0 Å². The van der Waals surface area contributed by atoms with E-state index in [-0.39, 0.29) is 11.4 Å². The lowest BCUT2D eigenvalue weighted by atomic mass is 10.0. The van der Waals surface area contributed by atoms with E-state index in [0.717, 1.165) is 5.56 Å². The molecule has 0 aliphatic rings. The maximum atomic E-state index is 12.2. The summed E-state index contributed by atoms with van der Waals surface area (Å²) in [4.78, 5) is 0.158. The fourth-order valence-electron chi connectivity index (χ4n) is 1.56. The first-order chi connectivity index (χ1) is 9.18. The van der Waals surface area contributed by atoms with E-state index in [1.54, 1.807) is 19.1 Å². The van der Waals surface area contributed by atoms with Crippen LogP contribution in [0.2, 0.25) is 0 Å². The van der Waals surface area contributed by atoms with Gasteiger partial charge in [-0.2, -0.15) is 0 Å². The van der Waals surface area contributed by atoms with Gasteiger partial charge in [-0.3, -0.25) is 0 Å². The number of aliphatic hydroxyl groups is 1. The molecule has 20 heavy (non-hydrogen) atoms. The Morgan fingerprint density at radius 3 is 2.65 bits per heavy atom. The minimum absolute atomic E-state index is 0.0704. The molecule has 0 saturated heterocycles. The van der Waals surface area contributed by atoms with E-state index >= 15 is 0 Å². The molecule has 0 aromatic heterocycles. The monoisotopic (exact) mass is 365 g/mol. The van der Waals surface area contributed by atoms with E-state index in [1.807, 2.05) is 6.92 Å². The Hall–Kier alpha value is -0.470. The Labute approximate surface area is 128 Å². The minimum Gasteiger partial charge on any atom is -0.389 e. The zero-order valence-corrected chi connectivity index (χ0v) is 14.2. The van der Waals surface area contributed by atoms with E-state index in [2.05, 4.69) is 20.7 Å². The molecule has 0 saturated carbocycles. The molecule has 0 amide bonds. The second kappa shape index (κ2) is 7.00. The van der Waals surface area contributed by atoms with E-state index in [1.165, 1.54) is 13.2 Å². The summed E-state index contributed by atoms with van der Waals surface area (Å²) in [6.45, 7) is 3.74. The molecule has 7 heteroatoms. The Morgan fingerprint density at radius 1 is 1.45 bits per heavy atom. The van der Waals surface area contributed by atoms with Crippen molar-refractivity contribution in [2.24, 2.45) is 0 Å². The topological polar surface area (TPSA) is 75.6 Å². The second-order valence-electron chi connectivity index (χ2n) is 5.00. The molecule has 2 N–H and O–H groups in total. The number of nitrogens with one attached hydrogen (secondary N) is 1. The van der Waals surface area contributed by atoms with Crippen LogP contribution in [0.25, 0.3) is 0 Å². The lowest BCUT2D eigenvalue weighted by molar-refractivity contribution is 0.0292. The zero-order chi connectivity index (χ0) is 15.4. The first-order valence-electron chi connectivity index (χ1n) is 6.15. The number of sulfonamides is 1. The molecule has 0 bridgehead atoms. The largest absolute Gasteiger partial charge is 0.389 e. The number of ether oxygens (including phenoxy) is 1. The highest BCUT2D eigenvalue weighted by Gasteiger charge is 2.25. The lowest BCUT2D eigenvalue weighted by Gasteiger charge is -2.23. The predicted molar refractivity (Wildman–Crippen MR) is 81.2 cm³/mol. The molecule has 1 aromatic carbocycles. The van der Waals surface area contributed by atoms with Crippen LogP contribution in [0.4, 0.5) is 0 Å². The lowest BCUT2D eigenvalue weighted by Crippen LogP contribution is -2.41. The molecule has 1 atom stereocenters. The number of halogens is 1. The van der Waals surface area contributed by atoms with Crippen molar-refractivity contribution in [3.8, 4) is 0 Å². The third-order valence-electron chi connectivity index (χ3n) is 2.86. The van der Waals surface area contributed by atoms with Crippen molar-refractivity contribution in [1.29, 1.82) is 0 Å². The van der Waals surface area contributed by atoms with Crippen molar-refractivity contribution >= 4 is 26.0 Å². The number of rotatable bonds is 7. The SMILES string of the molecule is COCCC(C)(O)CNS(=O)(=O)c1ccc(C)cc1Br. The Kier molecular flexibility index (Phi) is 6.15. The van der Waals surface area contributed by atoms with Crippen molar-refractivity contribution in [3.63, 3.8) is 0 Å².